The van der Waals surface area contributed by atoms with Crippen LogP contribution in [0.2, 0.25) is 5.02 Å². The lowest BCUT2D eigenvalue weighted by atomic mass is 10.1. The van der Waals surface area contributed by atoms with Gasteiger partial charge in [0, 0.05) is 5.02 Å². The monoisotopic (exact) mass is 241 g/mol. The van der Waals surface area contributed by atoms with Crippen LogP contribution in [0.25, 0.3) is 0 Å². The quantitative estimate of drug-likeness (QED) is 0.806. The van der Waals surface area contributed by atoms with Gasteiger partial charge in [0.2, 0.25) is 0 Å². The minimum absolute atomic E-state index is 0.294. The van der Waals surface area contributed by atoms with Gasteiger partial charge >= 0.3 is 5.97 Å². The molecule has 4 heteroatoms. The number of ether oxygens (including phenoxy) is 1. The number of likely N-dealkylation sites (N-methyl/N-ethyl adjacent to an activating group) is 1. The van der Waals surface area contributed by atoms with Crippen molar-refractivity contribution in [1.82, 2.24) is 5.32 Å². The summed E-state index contributed by atoms with van der Waals surface area (Å²) in [5.41, 5.74) is 0.754. The van der Waals surface area contributed by atoms with Crippen molar-refractivity contribution < 1.29 is 9.53 Å². The highest BCUT2D eigenvalue weighted by molar-refractivity contribution is 6.31. The summed E-state index contributed by atoms with van der Waals surface area (Å²) < 4.78 is 5.01. The van der Waals surface area contributed by atoms with Crippen LogP contribution < -0.4 is 5.32 Å². The highest BCUT2D eigenvalue weighted by atomic mass is 35.5. The topological polar surface area (TPSA) is 38.3 Å². The van der Waals surface area contributed by atoms with Gasteiger partial charge < -0.3 is 10.1 Å². The number of hydrogen-bond donors (Lipinski definition) is 1. The van der Waals surface area contributed by atoms with Gasteiger partial charge in [-0.3, -0.25) is 0 Å². The maximum atomic E-state index is 11.7. The molecule has 0 aliphatic rings. The van der Waals surface area contributed by atoms with E-state index in [0.717, 1.165) is 5.56 Å². The fraction of sp³-hybridized carbons (Fsp3) is 0.417. The number of benzene rings is 1. The van der Waals surface area contributed by atoms with E-state index in [1.165, 1.54) is 0 Å². The first-order valence-corrected chi connectivity index (χ1v) is 5.73. The molecule has 3 nitrogen and oxygen atoms in total. The smallest absolute Gasteiger partial charge is 0.327 e. The summed E-state index contributed by atoms with van der Waals surface area (Å²) in [5, 5.41) is 3.64. The Morgan fingerprint density at radius 3 is 2.69 bits per heavy atom. The molecule has 1 aromatic carbocycles. The van der Waals surface area contributed by atoms with Gasteiger partial charge in [0.1, 0.15) is 6.04 Å². The number of hydrogen-bond acceptors (Lipinski definition) is 3. The van der Waals surface area contributed by atoms with E-state index in [0.29, 0.717) is 18.2 Å². The SMILES string of the molecule is CCNC(C(=O)OCC)c1ccccc1Cl. The van der Waals surface area contributed by atoms with Crippen molar-refractivity contribution in [3.8, 4) is 0 Å². The average Bonchev–Trinajstić information content (AvgIpc) is 2.27. The molecule has 0 saturated carbocycles. The van der Waals surface area contributed by atoms with Crippen LogP contribution in [0.1, 0.15) is 25.5 Å². The summed E-state index contributed by atoms with van der Waals surface area (Å²) in [4.78, 5) is 11.7. The standard InChI is InChI=1S/C12H16ClNO2/c1-3-14-11(12(15)16-4-2)9-7-5-6-8-10(9)13/h5-8,11,14H,3-4H2,1-2H3. The zero-order chi connectivity index (χ0) is 12.0. The minimum Gasteiger partial charge on any atom is -0.465 e. The summed E-state index contributed by atoms with van der Waals surface area (Å²) in [6.45, 7) is 4.76. The summed E-state index contributed by atoms with van der Waals surface area (Å²) in [6, 6.07) is 6.79. The summed E-state index contributed by atoms with van der Waals surface area (Å²) in [6.07, 6.45) is 0. The molecule has 0 fully saturated rings. The van der Waals surface area contributed by atoms with Crippen LogP contribution in [-0.2, 0) is 9.53 Å². The Hall–Kier alpha value is -1.06. The average molecular weight is 242 g/mol. The molecule has 0 amide bonds. The van der Waals surface area contributed by atoms with Gasteiger partial charge in [0.05, 0.1) is 6.61 Å². The molecule has 1 aromatic rings. The van der Waals surface area contributed by atoms with Gasteiger partial charge in [-0.05, 0) is 25.1 Å². The van der Waals surface area contributed by atoms with Crippen molar-refractivity contribution in [2.75, 3.05) is 13.2 Å². The second-order valence-electron chi connectivity index (χ2n) is 3.26. The van der Waals surface area contributed by atoms with E-state index in [1.807, 2.05) is 25.1 Å². The Balaban J connectivity index is 2.93. The lowest BCUT2D eigenvalue weighted by molar-refractivity contribution is -0.145. The Morgan fingerprint density at radius 1 is 1.44 bits per heavy atom. The molecule has 0 aliphatic heterocycles. The molecule has 0 radical (unpaired) electrons. The number of carbonyl (C=O) groups excluding carboxylic acids is 1. The second kappa shape index (κ2) is 6.51. The van der Waals surface area contributed by atoms with Crippen molar-refractivity contribution in [3.05, 3.63) is 34.9 Å². The van der Waals surface area contributed by atoms with E-state index in [4.69, 9.17) is 16.3 Å². The summed E-state index contributed by atoms with van der Waals surface area (Å²) in [7, 11) is 0. The first-order chi connectivity index (χ1) is 7.70. The van der Waals surface area contributed by atoms with E-state index in [1.54, 1.807) is 13.0 Å². The summed E-state index contributed by atoms with van der Waals surface area (Å²) in [5.74, 6) is -0.294. The Bertz CT molecular complexity index is 355. The molecule has 0 saturated heterocycles. The van der Waals surface area contributed by atoms with Crippen molar-refractivity contribution in [2.24, 2.45) is 0 Å². The molecular formula is C12H16ClNO2. The van der Waals surface area contributed by atoms with E-state index in [2.05, 4.69) is 5.32 Å². The Morgan fingerprint density at radius 2 is 2.12 bits per heavy atom. The number of carbonyl (C=O) groups is 1. The van der Waals surface area contributed by atoms with Crippen LogP contribution in [-0.4, -0.2) is 19.1 Å². The molecule has 16 heavy (non-hydrogen) atoms. The highest BCUT2D eigenvalue weighted by Crippen LogP contribution is 2.23. The largest absolute Gasteiger partial charge is 0.465 e. The number of halogens is 1. The van der Waals surface area contributed by atoms with Crippen LogP contribution in [0, 0.1) is 0 Å². The molecule has 0 aromatic heterocycles. The van der Waals surface area contributed by atoms with Crippen LogP contribution in [0.3, 0.4) is 0 Å². The number of esters is 1. The molecule has 0 spiro atoms. The van der Waals surface area contributed by atoms with Gasteiger partial charge in [0.25, 0.3) is 0 Å². The maximum Gasteiger partial charge on any atom is 0.327 e. The van der Waals surface area contributed by atoms with Crippen LogP contribution >= 0.6 is 11.6 Å². The van der Waals surface area contributed by atoms with Gasteiger partial charge in [-0.1, -0.05) is 36.7 Å². The van der Waals surface area contributed by atoms with Crippen LogP contribution in [0.4, 0.5) is 0 Å². The first-order valence-electron chi connectivity index (χ1n) is 5.35. The van der Waals surface area contributed by atoms with E-state index in [-0.39, 0.29) is 5.97 Å². The molecule has 1 unspecified atom stereocenters. The predicted molar refractivity (Wildman–Crippen MR) is 64.5 cm³/mol. The minimum atomic E-state index is -0.487. The van der Waals surface area contributed by atoms with Crippen molar-refractivity contribution in [1.29, 1.82) is 0 Å². The van der Waals surface area contributed by atoms with E-state index < -0.39 is 6.04 Å². The van der Waals surface area contributed by atoms with Crippen LogP contribution in [0.15, 0.2) is 24.3 Å². The van der Waals surface area contributed by atoms with E-state index in [9.17, 15) is 4.79 Å². The molecule has 1 rings (SSSR count). The molecule has 0 aliphatic carbocycles. The maximum absolute atomic E-state index is 11.7. The Labute approximate surface area is 101 Å². The summed E-state index contributed by atoms with van der Waals surface area (Å²) >= 11 is 6.05. The molecule has 88 valence electrons. The normalized spacial score (nSPS) is 12.2. The predicted octanol–water partition coefficient (Wildman–Crippen LogP) is 2.55. The molecule has 0 heterocycles. The first kappa shape index (κ1) is 13.0. The third kappa shape index (κ3) is 3.22. The highest BCUT2D eigenvalue weighted by Gasteiger charge is 2.22. The molecule has 0 bridgehead atoms. The molecular weight excluding hydrogens is 226 g/mol. The zero-order valence-electron chi connectivity index (χ0n) is 9.50. The van der Waals surface area contributed by atoms with Crippen molar-refractivity contribution in [3.63, 3.8) is 0 Å². The molecule has 1 N–H and O–H groups in total. The van der Waals surface area contributed by atoms with Gasteiger partial charge in [-0.2, -0.15) is 0 Å². The lowest BCUT2D eigenvalue weighted by Gasteiger charge is -2.17. The van der Waals surface area contributed by atoms with Crippen LogP contribution in [0.5, 0.6) is 0 Å². The molecule has 1 atom stereocenters. The third-order valence-corrected chi connectivity index (χ3v) is 2.49. The zero-order valence-corrected chi connectivity index (χ0v) is 10.3. The fourth-order valence-electron chi connectivity index (χ4n) is 1.46. The number of nitrogens with one attached hydrogen (secondary N) is 1. The fourth-order valence-corrected chi connectivity index (χ4v) is 1.70. The van der Waals surface area contributed by atoms with Gasteiger partial charge in [-0.15, -0.1) is 0 Å². The van der Waals surface area contributed by atoms with E-state index >= 15 is 0 Å². The van der Waals surface area contributed by atoms with Gasteiger partial charge in [-0.25, -0.2) is 4.79 Å². The number of rotatable bonds is 5. The second-order valence-corrected chi connectivity index (χ2v) is 3.67. The van der Waals surface area contributed by atoms with Gasteiger partial charge in [0.15, 0.2) is 0 Å². The Kier molecular flexibility index (Phi) is 5.29. The van der Waals surface area contributed by atoms with Crippen molar-refractivity contribution in [2.45, 2.75) is 19.9 Å². The third-order valence-electron chi connectivity index (χ3n) is 2.15. The van der Waals surface area contributed by atoms with Crippen molar-refractivity contribution >= 4 is 17.6 Å². The lowest BCUT2D eigenvalue weighted by Crippen LogP contribution is -2.30.